The first-order valence-corrected chi connectivity index (χ1v) is 6.90. The zero-order valence-electron chi connectivity index (χ0n) is 12.0. The van der Waals surface area contributed by atoms with Crippen molar-refractivity contribution in [3.05, 3.63) is 52.8 Å². The summed E-state index contributed by atoms with van der Waals surface area (Å²) in [6.45, 7) is 1.74. The maximum atomic E-state index is 11.2. The highest BCUT2D eigenvalue weighted by molar-refractivity contribution is 6.32. The molecule has 0 saturated heterocycles. The second kappa shape index (κ2) is 6.97. The van der Waals surface area contributed by atoms with Crippen molar-refractivity contribution in [3.63, 3.8) is 0 Å². The molecule has 0 spiro atoms. The largest absolute Gasteiger partial charge is 0.483 e. The third-order valence-electron chi connectivity index (χ3n) is 2.95. The number of hydrogen-bond acceptors (Lipinski definition) is 4. The molecule has 1 amide bonds. The highest BCUT2D eigenvalue weighted by atomic mass is 35.5. The summed E-state index contributed by atoms with van der Waals surface area (Å²) in [7, 11) is 0. The van der Waals surface area contributed by atoms with Crippen molar-refractivity contribution >= 4 is 29.4 Å². The van der Waals surface area contributed by atoms with E-state index in [1.54, 1.807) is 31.3 Å². The van der Waals surface area contributed by atoms with Crippen molar-refractivity contribution in [2.24, 2.45) is 0 Å². The molecule has 1 atom stereocenters. The number of hydrogen-bond donors (Lipinski definition) is 3. The molecule has 0 aliphatic carbocycles. The van der Waals surface area contributed by atoms with Gasteiger partial charge in [0, 0.05) is 12.3 Å². The van der Waals surface area contributed by atoms with E-state index >= 15 is 0 Å². The van der Waals surface area contributed by atoms with Gasteiger partial charge in [0.15, 0.2) is 0 Å². The molecule has 1 unspecified atom stereocenters. The smallest absolute Gasteiger partial charge is 0.409 e. The van der Waals surface area contributed by atoms with Crippen molar-refractivity contribution in [1.29, 1.82) is 0 Å². The van der Waals surface area contributed by atoms with Gasteiger partial charge in [-0.3, -0.25) is 10.3 Å². The monoisotopic (exact) mass is 336 g/mol. The average Bonchev–Trinajstić information content (AvgIpc) is 2.50. The Morgan fingerprint density at radius 3 is 2.61 bits per heavy atom. The lowest BCUT2D eigenvalue weighted by molar-refractivity contribution is 0.0698. The molecule has 1 aromatic carbocycles. The lowest BCUT2D eigenvalue weighted by atomic mass is 10.1. The molecule has 0 radical (unpaired) electrons. The van der Waals surface area contributed by atoms with E-state index in [2.05, 4.69) is 4.98 Å². The number of nitrogens with one attached hydrogen (secondary N) is 1. The zero-order chi connectivity index (χ0) is 17.0. The predicted molar refractivity (Wildman–Crippen MR) is 83.3 cm³/mol. The van der Waals surface area contributed by atoms with E-state index in [1.165, 1.54) is 6.07 Å². The maximum Gasteiger partial charge on any atom is 0.409 e. The number of ether oxygens (including phenoxy) is 1. The van der Waals surface area contributed by atoms with Crippen LogP contribution in [-0.4, -0.2) is 27.3 Å². The quantitative estimate of drug-likeness (QED) is 0.768. The first kappa shape index (κ1) is 16.6. The lowest BCUT2D eigenvalue weighted by Crippen LogP contribution is -2.13. The van der Waals surface area contributed by atoms with Crippen LogP contribution in [0.2, 0.25) is 5.02 Å². The van der Waals surface area contributed by atoms with Gasteiger partial charge in [0.2, 0.25) is 0 Å². The van der Waals surface area contributed by atoms with E-state index in [0.29, 0.717) is 5.69 Å². The molecule has 1 heterocycles. The Hall–Kier alpha value is -2.80. The standard InChI is InChI=1S/C15H13ClN2O5/c1-8(11-4-2-3-5-17-11)23-13-7-12(18-15(21)22)9(14(19)20)6-10(13)16/h2-8,18H,1H3,(H,19,20)(H,21,22). The fourth-order valence-electron chi connectivity index (χ4n) is 1.91. The summed E-state index contributed by atoms with van der Waals surface area (Å²) >= 11 is 6.03. The van der Waals surface area contributed by atoms with Crippen molar-refractivity contribution < 1.29 is 24.5 Å². The van der Waals surface area contributed by atoms with Crippen LogP contribution in [0.1, 0.15) is 29.1 Å². The van der Waals surface area contributed by atoms with Crippen molar-refractivity contribution in [3.8, 4) is 5.75 Å². The summed E-state index contributed by atoms with van der Waals surface area (Å²) in [5.41, 5.74) is 0.256. The van der Waals surface area contributed by atoms with E-state index in [-0.39, 0.29) is 22.0 Å². The molecule has 120 valence electrons. The van der Waals surface area contributed by atoms with Crippen LogP contribution in [0, 0.1) is 0 Å². The number of carboxylic acid groups (broad SMARTS) is 2. The first-order chi connectivity index (χ1) is 10.9. The number of carboxylic acids is 1. The number of aromatic nitrogens is 1. The van der Waals surface area contributed by atoms with Crippen molar-refractivity contribution in [2.75, 3.05) is 5.32 Å². The molecule has 3 N–H and O–H groups in total. The summed E-state index contributed by atoms with van der Waals surface area (Å²) in [5, 5.41) is 20.0. The van der Waals surface area contributed by atoms with Gasteiger partial charge in [0.05, 0.1) is 22.0 Å². The van der Waals surface area contributed by atoms with Crippen LogP contribution in [0.3, 0.4) is 0 Å². The topological polar surface area (TPSA) is 109 Å². The Labute approximate surface area is 136 Å². The summed E-state index contributed by atoms with van der Waals surface area (Å²) in [4.78, 5) is 26.1. The molecule has 0 saturated carbocycles. The number of rotatable bonds is 5. The Bertz CT molecular complexity index is 736. The van der Waals surface area contributed by atoms with E-state index in [4.69, 9.17) is 26.6 Å². The average molecular weight is 337 g/mol. The van der Waals surface area contributed by atoms with Crippen LogP contribution in [0.25, 0.3) is 0 Å². The molecular weight excluding hydrogens is 324 g/mol. The number of benzene rings is 1. The van der Waals surface area contributed by atoms with Gasteiger partial charge in [-0.15, -0.1) is 0 Å². The number of carbonyl (C=O) groups is 2. The number of halogens is 1. The Morgan fingerprint density at radius 2 is 2.04 bits per heavy atom. The second-order valence-corrected chi connectivity index (χ2v) is 4.99. The van der Waals surface area contributed by atoms with Crippen LogP contribution in [0.5, 0.6) is 5.75 Å². The molecule has 0 aliphatic rings. The summed E-state index contributed by atoms with van der Waals surface area (Å²) in [6.07, 6.45) is -0.234. The fourth-order valence-corrected chi connectivity index (χ4v) is 2.11. The Morgan fingerprint density at radius 1 is 1.30 bits per heavy atom. The van der Waals surface area contributed by atoms with Crippen LogP contribution in [0.4, 0.5) is 10.5 Å². The van der Waals surface area contributed by atoms with Gasteiger partial charge in [-0.25, -0.2) is 9.59 Å². The minimum Gasteiger partial charge on any atom is -0.483 e. The molecule has 0 fully saturated rings. The molecule has 2 rings (SSSR count). The molecule has 8 heteroatoms. The van der Waals surface area contributed by atoms with Crippen molar-refractivity contribution in [1.82, 2.24) is 4.98 Å². The van der Waals surface area contributed by atoms with Gasteiger partial charge in [0.25, 0.3) is 0 Å². The number of amides is 1. The highest BCUT2D eigenvalue weighted by Crippen LogP contribution is 2.34. The molecule has 1 aromatic heterocycles. The van der Waals surface area contributed by atoms with Gasteiger partial charge in [-0.2, -0.15) is 0 Å². The maximum absolute atomic E-state index is 11.2. The van der Waals surface area contributed by atoms with E-state index < -0.39 is 18.2 Å². The number of anilines is 1. The number of nitrogens with zero attached hydrogens (tertiary/aromatic N) is 1. The SMILES string of the molecule is CC(Oc1cc(NC(=O)O)c(C(=O)O)cc1Cl)c1ccccn1. The van der Waals surface area contributed by atoms with Crippen LogP contribution in [-0.2, 0) is 0 Å². The summed E-state index contributed by atoms with van der Waals surface area (Å²) in [5.74, 6) is -1.15. The highest BCUT2D eigenvalue weighted by Gasteiger charge is 2.18. The lowest BCUT2D eigenvalue weighted by Gasteiger charge is -2.17. The summed E-state index contributed by atoms with van der Waals surface area (Å²) in [6, 6.07) is 7.70. The van der Waals surface area contributed by atoms with Crippen LogP contribution >= 0.6 is 11.6 Å². The van der Waals surface area contributed by atoms with Crippen molar-refractivity contribution in [2.45, 2.75) is 13.0 Å². The molecule has 0 aliphatic heterocycles. The van der Waals surface area contributed by atoms with Gasteiger partial charge in [-0.1, -0.05) is 17.7 Å². The fraction of sp³-hybridized carbons (Fsp3) is 0.133. The first-order valence-electron chi connectivity index (χ1n) is 6.53. The minimum absolute atomic E-state index is 0.0566. The molecule has 0 bridgehead atoms. The Kier molecular flexibility index (Phi) is 5.02. The Balaban J connectivity index is 2.35. The normalized spacial score (nSPS) is 11.6. The van der Waals surface area contributed by atoms with E-state index in [1.807, 2.05) is 5.32 Å². The van der Waals surface area contributed by atoms with Crippen LogP contribution < -0.4 is 10.1 Å². The van der Waals surface area contributed by atoms with Gasteiger partial charge in [-0.05, 0) is 25.1 Å². The summed E-state index contributed by atoms with van der Waals surface area (Å²) < 4.78 is 5.67. The van der Waals surface area contributed by atoms with Gasteiger partial charge in [0.1, 0.15) is 11.9 Å². The van der Waals surface area contributed by atoms with E-state index in [0.717, 1.165) is 6.07 Å². The third kappa shape index (κ3) is 4.10. The number of aromatic carboxylic acids is 1. The molecule has 23 heavy (non-hydrogen) atoms. The van der Waals surface area contributed by atoms with E-state index in [9.17, 15) is 9.59 Å². The third-order valence-corrected chi connectivity index (χ3v) is 3.25. The second-order valence-electron chi connectivity index (χ2n) is 4.58. The molecule has 2 aromatic rings. The zero-order valence-corrected chi connectivity index (χ0v) is 12.7. The minimum atomic E-state index is -1.39. The van der Waals surface area contributed by atoms with Gasteiger partial charge < -0.3 is 14.9 Å². The van der Waals surface area contributed by atoms with Crippen LogP contribution in [0.15, 0.2) is 36.5 Å². The van der Waals surface area contributed by atoms with Gasteiger partial charge >= 0.3 is 12.1 Å². The molecular formula is C15H13ClN2O5. The molecule has 7 nitrogen and oxygen atoms in total. The number of pyridine rings is 1. The predicted octanol–water partition coefficient (Wildman–Crippen LogP) is 3.66.